The molecule has 0 aromatic heterocycles. The number of rotatable bonds is 12. The van der Waals surface area contributed by atoms with Gasteiger partial charge in [-0.05, 0) is 46.2 Å². The van der Waals surface area contributed by atoms with Crippen molar-refractivity contribution in [2.45, 2.75) is 70.4 Å². The fourth-order valence-corrected chi connectivity index (χ4v) is 5.87. The average molecular weight is 696 g/mol. The zero-order chi connectivity index (χ0) is 33.5. The second-order valence-electron chi connectivity index (χ2n) is 12.8. The summed E-state index contributed by atoms with van der Waals surface area (Å²) < 4.78 is 5.67. The number of carbonyl (C=O) groups excluding carboxylic acids is 3. The van der Waals surface area contributed by atoms with Gasteiger partial charge in [0.1, 0.15) is 11.6 Å². The minimum Gasteiger partial charge on any atom is -0.453 e. The Hall–Kier alpha value is -3.77. The first-order valence-corrected chi connectivity index (χ1v) is 16.1. The number of aliphatic hydroxyl groups excluding tert-OH is 1. The molecule has 0 spiro atoms. The van der Waals surface area contributed by atoms with Gasteiger partial charge in [-0.3, -0.25) is 14.6 Å². The number of halogens is 1. The van der Waals surface area contributed by atoms with E-state index >= 15 is 0 Å². The molecule has 0 heterocycles. The highest BCUT2D eigenvalue weighted by Gasteiger charge is 2.41. The lowest BCUT2D eigenvalue weighted by atomic mass is 9.86. The summed E-state index contributed by atoms with van der Waals surface area (Å²) in [5.41, 5.74) is 3.92. The van der Waals surface area contributed by atoms with E-state index in [1.165, 1.54) is 12.1 Å². The number of alkyl carbamates (subject to hydrolysis) is 1. The van der Waals surface area contributed by atoms with Crippen LogP contribution in [-0.2, 0) is 33.7 Å². The number of amides is 3. The lowest BCUT2D eigenvalue weighted by Crippen LogP contribution is -2.58. The van der Waals surface area contributed by atoms with Gasteiger partial charge in [0.2, 0.25) is 0 Å². The summed E-state index contributed by atoms with van der Waals surface area (Å²) in [6.45, 7) is 5.69. The van der Waals surface area contributed by atoms with Crippen molar-refractivity contribution in [2.75, 3.05) is 13.7 Å². The number of fused-ring (bicyclic) bond motifs is 1. The van der Waals surface area contributed by atoms with E-state index in [0.717, 1.165) is 26.7 Å². The van der Waals surface area contributed by atoms with E-state index in [1.54, 1.807) is 0 Å². The number of hydrogen-bond acceptors (Lipinski definition) is 7. The molecule has 4 atom stereocenters. The lowest BCUT2D eigenvalue weighted by Gasteiger charge is -2.35. The number of aliphatic hydroxyl groups is 2. The van der Waals surface area contributed by atoms with Crippen LogP contribution in [0.2, 0.25) is 0 Å². The third kappa shape index (κ3) is 8.94. The van der Waals surface area contributed by atoms with Crippen LogP contribution in [0, 0.1) is 5.41 Å². The van der Waals surface area contributed by atoms with Crippen molar-refractivity contribution >= 4 is 33.8 Å². The summed E-state index contributed by atoms with van der Waals surface area (Å²) in [5, 5.41) is 29.7. The quantitative estimate of drug-likeness (QED) is 0.179. The van der Waals surface area contributed by atoms with Crippen molar-refractivity contribution in [1.82, 2.24) is 21.1 Å². The van der Waals surface area contributed by atoms with Crippen molar-refractivity contribution in [3.8, 4) is 0 Å². The Bertz CT molecular complexity index is 1500. The summed E-state index contributed by atoms with van der Waals surface area (Å²) in [6, 6.07) is 22.6. The van der Waals surface area contributed by atoms with Gasteiger partial charge >= 0.3 is 6.09 Å². The number of methoxy groups -OCH3 is 1. The van der Waals surface area contributed by atoms with E-state index in [1.807, 2.05) is 99.6 Å². The highest BCUT2D eigenvalue weighted by atomic mass is 79.9. The normalized spacial score (nSPS) is 17.7. The standard InChI is InChI=1S/C35H43BrN4O6/c1-34(2,3)30(39-33(44)46-4)31(42)40(22-24-14-16-26(36)17-15-24)37-19-18-35(45,21-23-10-6-5-7-11-23)32(43)38-29-27-13-9-8-12-25(27)20-28(29)41/h5-17,28-30,37,41,45H,18-22H2,1-4H3,(H,38,43)(H,39,44)/t28-,29+,30-,35-/m1/s1. The van der Waals surface area contributed by atoms with E-state index in [0.29, 0.717) is 6.42 Å². The number of nitrogens with zero attached hydrogens (tertiary/aromatic N) is 1. The summed E-state index contributed by atoms with van der Waals surface area (Å²) in [5.74, 6) is -1.04. The molecule has 5 N–H and O–H groups in total. The Labute approximate surface area is 278 Å². The second kappa shape index (κ2) is 15.2. The maximum atomic E-state index is 14.0. The molecule has 246 valence electrons. The van der Waals surface area contributed by atoms with Crippen LogP contribution < -0.4 is 16.1 Å². The molecule has 0 radical (unpaired) electrons. The summed E-state index contributed by atoms with van der Waals surface area (Å²) in [4.78, 5) is 40.1. The van der Waals surface area contributed by atoms with Crippen molar-refractivity contribution in [3.63, 3.8) is 0 Å². The third-order valence-corrected chi connectivity index (χ3v) is 8.70. The largest absolute Gasteiger partial charge is 0.453 e. The first-order valence-electron chi connectivity index (χ1n) is 15.3. The van der Waals surface area contributed by atoms with Gasteiger partial charge in [-0.1, -0.05) is 103 Å². The number of nitrogens with one attached hydrogen (secondary N) is 3. The van der Waals surface area contributed by atoms with Crippen LogP contribution in [0.3, 0.4) is 0 Å². The fourth-order valence-electron chi connectivity index (χ4n) is 5.60. The average Bonchev–Trinajstić information content (AvgIpc) is 3.34. The van der Waals surface area contributed by atoms with E-state index in [2.05, 4.69) is 32.0 Å². The third-order valence-electron chi connectivity index (χ3n) is 8.17. The Morgan fingerprint density at radius 1 is 0.978 bits per heavy atom. The molecule has 1 aliphatic rings. The molecule has 3 aromatic rings. The van der Waals surface area contributed by atoms with Gasteiger partial charge in [0.05, 0.1) is 25.8 Å². The van der Waals surface area contributed by atoms with Gasteiger partial charge in [0, 0.05) is 23.9 Å². The zero-order valence-corrected chi connectivity index (χ0v) is 28.2. The van der Waals surface area contributed by atoms with Crippen LogP contribution in [0.5, 0.6) is 0 Å². The Morgan fingerprint density at radius 3 is 2.28 bits per heavy atom. The molecule has 4 rings (SSSR count). The van der Waals surface area contributed by atoms with Crippen LogP contribution >= 0.6 is 15.9 Å². The van der Waals surface area contributed by atoms with Crippen LogP contribution in [0.25, 0.3) is 0 Å². The Kier molecular flexibility index (Phi) is 11.6. The molecule has 3 amide bonds. The van der Waals surface area contributed by atoms with Gasteiger partial charge in [0.25, 0.3) is 11.8 Å². The van der Waals surface area contributed by atoms with E-state index in [-0.39, 0.29) is 25.9 Å². The SMILES string of the molecule is COC(=O)N[C@H](C(=O)N(Cc1ccc(Br)cc1)NCC[C@@](O)(Cc1ccccc1)C(=O)N[C@H]1c2ccccc2C[C@H]1O)C(C)(C)C. The highest BCUT2D eigenvalue weighted by molar-refractivity contribution is 9.10. The smallest absolute Gasteiger partial charge is 0.407 e. The molecule has 0 saturated heterocycles. The van der Waals surface area contributed by atoms with Crippen LogP contribution in [0.1, 0.15) is 55.5 Å². The van der Waals surface area contributed by atoms with Crippen LogP contribution in [-0.4, -0.2) is 64.5 Å². The van der Waals surface area contributed by atoms with E-state index < -0.39 is 47.1 Å². The Morgan fingerprint density at radius 2 is 1.63 bits per heavy atom. The van der Waals surface area contributed by atoms with Gasteiger partial charge in [-0.25, -0.2) is 10.2 Å². The summed E-state index contributed by atoms with van der Waals surface area (Å²) in [6.07, 6.45) is -1.20. The molecule has 10 nitrogen and oxygen atoms in total. The summed E-state index contributed by atoms with van der Waals surface area (Å²) in [7, 11) is 1.24. The van der Waals surface area contributed by atoms with Crippen molar-refractivity contribution in [2.24, 2.45) is 5.41 Å². The minimum atomic E-state index is -1.88. The van der Waals surface area contributed by atoms with Gasteiger partial charge in [0.15, 0.2) is 0 Å². The van der Waals surface area contributed by atoms with Crippen molar-refractivity contribution in [3.05, 3.63) is 106 Å². The predicted octanol–water partition coefficient (Wildman–Crippen LogP) is 4.19. The minimum absolute atomic E-state index is 0.0149. The van der Waals surface area contributed by atoms with Gasteiger partial charge < -0.3 is 25.6 Å². The molecule has 0 saturated carbocycles. The summed E-state index contributed by atoms with van der Waals surface area (Å²) >= 11 is 3.43. The number of hydrazine groups is 1. The van der Waals surface area contributed by atoms with Crippen molar-refractivity contribution < 1.29 is 29.3 Å². The first-order chi connectivity index (χ1) is 21.8. The second-order valence-corrected chi connectivity index (χ2v) is 13.7. The fraction of sp³-hybridized carbons (Fsp3) is 0.400. The monoisotopic (exact) mass is 694 g/mol. The number of benzene rings is 3. The number of ether oxygens (including phenoxy) is 1. The van der Waals surface area contributed by atoms with Gasteiger partial charge in [-0.15, -0.1) is 0 Å². The van der Waals surface area contributed by atoms with Gasteiger partial charge in [-0.2, -0.15) is 0 Å². The molecule has 11 heteroatoms. The molecule has 0 fully saturated rings. The molecule has 1 aliphatic carbocycles. The van der Waals surface area contributed by atoms with Crippen molar-refractivity contribution in [1.29, 1.82) is 0 Å². The molecule has 46 heavy (non-hydrogen) atoms. The van der Waals surface area contributed by atoms with E-state index in [4.69, 9.17) is 4.74 Å². The number of hydrogen-bond donors (Lipinski definition) is 5. The molecular formula is C35H43BrN4O6. The Balaban J connectivity index is 1.57. The molecule has 0 aliphatic heterocycles. The maximum Gasteiger partial charge on any atom is 0.407 e. The molecule has 0 bridgehead atoms. The first kappa shape index (κ1) is 35.1. The van der Waals surface area contributed by atoms with Crippen LogP contribution in [0.4, 0.5) is 4.79 Å². The van der Waals surface area contributed by atoms with E-state index in [9.17, 15) is 24.6 Å². The topological polar surface area (TPSA) is 140 Å². The molecular weight excluding hydrogens is 652 g/mol. The van der Waals surface area contributed by atoms with Crippen LogP contribution in [0.15, 0.2) is 83.3 Å². The predicted molar refractivity (Wildman–Crippen MR) is 178 cm³/mol. The lowest BCUT2D eigenvalue weighted by molar-refractivity contribution is -0.143. The molecule has 3 aromatic carbocycles. The zero-order valence-electron chi connectivity index (χ0n) is 26.6. The highest BCUT2D eigenvalue weighted by Crippen LogP contribution is 2.32. The number of carbonyl (C=O) groups is 3. The maximum absolute atomic E-state index is 14.0. The molecule has 0 unspecified atom stereocenters.